The van der Waals surface area contributed by atoms with Gasteiger partial charge in [-0.15, -0.1) is 0 Å². The Morgan fingerprint density at radius 1 is 0.929 bits per heavy atom. The molecule has 0 aliphatic carbocycles. The molecule has 1 fully saturated rings. The first-order valence-electron chi connectivity index (χ1n) is 8.46. The first-order chi connectivity index (χ1) is 13.3. The van der Waals surface area contributed by atoms with E-state index in [0.717, 1.165) is 16.4 Å². The van der Waals surface area contributed by atoms with Gasteiger partial charge < -0.3 is 4.90 Å². The van der Waals surface area contributed by atoms with Crippen molar-refractivity contribution in [2.45, 2.75) is 4.90 Å². The third kappa shape index (κ3) is 4.26. The Kier molecular flexibility index (Phi) is 5.85. The molecular formula is C19H17F3N2O3S. The molecule has 2 aromatic carbocycles. The maximum Gasteiger partial charge on any atom is 0.246 e. The lowest BCUT2D eigenvalue weighted by Gasteiger charge is -2.33. The molecule has 0 spiro atoms. The summed E-state index contributed by atoms with van der Waals surface area (Å²) in [5.41, 5.74) is 0.263. The first-order valence-corrected chi connectivity index (χ1v) is 9.90. The standard InChI is InChI=1S/C19H17F3N2O3S/c20-15-6-7-17(22)18(13-15)28(26,27)24-11-9-23(10-12-24)19(25)8-5-14-3-1-2-4-16(14)21/h1-8,13H,9-12H2/b8-5+. The normalized spacial score (nSPS) is 15.9. The maximum absolute atomic E-state index is 13.8. The molecule has 28 heavy (non-hydrogen) atoms. The summed E-state index contributed by atoms with van der Waals surface area (Å²) in [6, 6.07) is 8.22. The topological polar surface area (TPSA) is 57.7 Å². The van der Waals surface area contributed by atoms with Gasteiger partial charge in [-0.25, -0.2) is 21.6 Å². The van der Waals surface area contributed by atoms with Gasteiger partial charge in [0.1, 0.15) is 22.3 Å². The van der Waals surface area contributed by atoms with E-state index < -0.39 is 38.3 Å². The van der Waals surface area contributed by atoms with Gasteiger partial charge in [0.05, 0.1) is 0 Å². The number of piperazine rings is 1. The third-order valence-corrected chi connectivity index (χ3v) is 6.29. The number of nitrogens with zero attached hydrogens (tertiary/aromatic N) is 2. The molecular weight excluding hydrogens is 393 g/mol. The van der Waals surface area contributed by atoms with Crippen LogP contribution in [0.2, 0.25) is 0 Å². The lowest BCUT2D eigenvalue weighted by molar-refractivity contribution is -0.127. The Labute approximate surface area is 160 Å². The number of rotatable bonds is 4. The van der Waals surface area contributed by atoms with Gasteiger partial charge >= 0.3 is 0 Å². The Balaban J connectivity index is 1.66. The van der Waals surface area contributed by atoms with Crippen molar-refractivity contribution in [3.8, 4) is 0 Å². The van der Waals surface area contributed by atoms with Crippen molar-refractivity contribution >= 4 is 22.0 Å². The minimum atomic E-state index is -4.21. The van der Waals surface area contributed by atoms with Crippen LogP contribution in [-0.2, 0) is 14.8 Å². The maximum atomic E-state index is 13.8. The van der Waals surface area contributed by atoms with Gasteiger partial charge in [-0.2, -0.15) is 4.31 Å². The second-order valence-corrected chi connectivity index (χ2v) is 8.07. The van der Waals surface area contributed by atoms with E-state index in [2.05, 4.69) is 0 Å². The molecule has 0 atom stereocenters. The lowest BCUT2D eigenvalue weighted by Crippen LogP contribution is -2.50. The van der Waals surface area contributed by atoms with Crippen LogP contribution in [0.4, 0.5) is 13.2 Å². The van der Waals surface area contributed by atoms with Crippen molar-refractivity contribution in [1.82, 2.24) is 9.21 Å². The molecule has 1 saturated heterocycles. The molecule has 9 heteroatoms. The zero-order valence-corrected chi connectivity index (χ0v) is 15.5. The molecule has 0 N–H and O–H groups in total. The van der Waals surface area contributed by atoms with E-state index in [1.807, 2.05) is 0 Å². The van der Waals surface area contributed by atoms with Crippen molar-refractivity contribution in [3.05, 3.63) is 71.6 Å². The fraction of sp³-hybridized carbons (Fsp3) is 0.211. The van der Waals surface area contributed by atoms with Gasteiger partial charge in [-0.1, -0.05) is 18.2 Å². The van der Waals surface area contributed by atoms with Gasteiger partial charge in [-0.05, 0) is 30.3 Å². The monoisotopic (exact) mass is 410 g/mol. The average molecular weight is 410 g/mol. The van der Waals surface area contributed by atoms with Crippen LogP contribution in [0.3, 0.4) is 0 Å². The molecule has 0 aromatic heterocycles. The van der Waals surface area contributed by atoms with Crippen LogP contribution in [0.15, 0.2) is 53.4 Å². The van der Waals surface area contributed by atoms with Crippen molar-refractivity contribution in [3.63, 3.8) is 0 Å². The molecule has 1 aliphatic rings. The largest absolute Gasteiger partial charge is 0.337 e. The molecule has 5 nitrogen and oxygen atoms in total. The van der Waals surface area contributed by atoms with Gasteiger partial charge in [0.25, 0.3) is 0 Å². The predicted octanol–water partition coefficient (Wildman–Crippen LogP) is 2.65. The highest BCUT2D eigenvalue weighted by Gasteiger charge is 2.31. The van der Waals surface area contributed by atoms with Gasteiger partial charge in [0.2, 0.25) is 15.9 Å². The second kappa shape index (κ2) is 8.15. The van der Waals surface area contributed by atoms with Crippen molar-refractivity contribution < 1.29 is 26.4 Å². The van der Waals surface area contributed by atoms with Crippen LogP contribution in [0.1, 0.15) is 5.56 Å². The van der Waals surface area contributed by atoms with Gasteiger partial charge in [0.15, 0.2) is 0 Å². The van der Waals surface area contributed by atoms with E-state index >= 15 is 0 Å². The van der Waals surface area contributed by atoms with E-state index in [0.29, 0.717) is 6.07 Å². The Morgan fingerprint density at radius 3 is 2.29 bits per heavy atom. The van der Waals surface area contributed by atoms with E-state index in [9.17, 15) is 26.4 Å². The highest BCUT2D eigenvalue weighted by molar-refractivity contribution is 7.89. The molecule has 148 valence electrons. The zero-order valence-electron chi connectivity index (χ0n) is 14.7. The van der Waals surface area contributed by atoms with E-state index in [4.69, 9.17) is 0 Å². The van der Waals surface area contributed by atoms with Gasteiger partial charge in [0, 0.05) is 37.8 Å². The minimum absolute atomic E-state index is 0.0580. The molecule has 1 amide bonds. The summed E-state index contributed by atoms with van der Waals surface area (Å²) >= 11 is 0. The molecule has 3 rings (SSSR count). The lowest BCUT2D eigenvalue weighted by atomic mass is 10.2. The zero-order chi connectivity index (χ0) is 20.3. The number of carbonyl (C=O) groups is 1. The number of halogens is 3. The van der Waals surface area contributed by atoms with Crippen LogP contribution in [0.25, 0.3) is 6.08 Å². The number of hydrogen-bond donors (Lipinski definition) is 0. The fourth-order valence-corrected chi connectivity index (χ4v) is 4.34. The number of amides is 1. The molecule has 0 saturated carbocycles. The molecule has 0 unspecified atom stereocenters. The van der Waals surface area contributed by atoms with Crippen LogP contribution >= 0.6 is 0 Å². The average Bonchev–Trinajstić information content (AvgIpc) is 2.69. The van der Waals surface area contributed by atoms with Crippen LogP contribution < -0.4 is 0 Å². The van der Waals surface area contributed by atoms with E-state index in [-0.39, 0.29) is 31.7 Å². The highest BCUT2D eigenvalue weighted by atomic mass is 32.2. The molecule has 1 aliphatic heterocycles. The summed E-state index contributed by atoms with van der Waals surface area (Å²) in [5, 5.41) is 0. The summed E-state index contributed by atoms with van der Waals surface area (Å²) in [7, 11) is -4.21. The summed E-state index contributed by atoms with van der Waals surface area (Å²) in [5.74, 6) is -2.74. The molecule has 1 heterocycles. The third-order valence-electron chi connectivity index (χ3n) is 4.37. The summed E-state index contributed by atoms with van der Waals surface area (Å²) in [6.45, 7) is 0.0440. The van der Waals surface area contributed by atoms with Crippen molar-refractivity contribution in [2.75, 3.05) is 26.2 Å². The Bertz CT molecular complexity index is 1020. The summed E-state index contributed by atoms with van der Waals surface area (Å²) < 4.78 is 66.9. The quantitative estimate of drug-likeness (QED) is 0.729. The minimum Gasteiger partial charge on any atom is -0.337 e. The summed E-state index contributed by atoms with van der Waals surface area (Å²) in [4.78, 5) is 12.9. The Hall–Kier alpha value is -2.65. The number of benzene rings is 2. The van der Waals surface area contributed by atoms with E-state index in [1.165, 1.54) is 35.3 Å². The Morgan fingerprint density at radius 2 is 1.61 bits per heavy atom. The first kappa shape index (κ1) is 20.1. The van der Waals surface area contributed by atoms with Crippen molar-refractivity contribution in [1.29, 1.82) is 0 Å². The number of carbonyl (C=O) groups excluding carboxylic acids is 1. The van der Waals surface area contributed by atoms with Crippen LogP contribution in [0.5, 0.6) is 0 Å². The van der Waals surface area contributed by atoms with Crippen LogP contribution in [-0.4, -0.2) is 49.7 Å². The molecule has 0 radical (unpaired) electrons. The predicted molar refractivity (Wildman–Crippen MR) is 97.1 cm³/mol. The summed E-state index contributed by atoms with van der Waals surface area (Å²) in [6.07, 6.45) is 2.57. The fourth-order valence-electron chi connectivity index (χ4n) is 2.84. The smallest absolute Gasteiger partial charge is 0.246 e. The second-order valence-electron chi connectivity index (χ2n) is 6.16. The van der Waals surface area contributed by atoms with Gasteiger partial charge in [-0.3, -0.25) is 4.79 Å². The number of sulfonamides is 1. The number of hydrogen-bond acceptors (Lipinski definition) is 3. The van der Waals surface area contributed by atoms with Crippen molar-refractivity contribution in [2.24, 2.45) is 0 Å². The molecule has 0 bridgehead atoms. The molecule has 2 aromatic rings. The van der Waals surface area contributed by atoms with Crippen LogP contribution in [0, 0.1) is 17.5 Å². The van der Waals surface area contributed by atoms with E-state index in [1.54, 1.807) is 6.07 Å². The SMILES string of the molecule is O=C(/C=C/c1ccccc1F)N1CCN(S(=O)(=O)c2cc(F)ccc2F)CC1. The highest BCUT2D eigenvalue weighted by Crippen LogP contribution is 2.22.